The van der Waals surface area contributed by atoms with Gasteiger partial charge in [-0.25, -0.2) is 9.97 Å². The molecule has 0 spiro atoms. The van der Waals surface area contributed by atoms with Crippen LogP contribution in [0, 0.1) is 5.41 Å². The van der Waals surface area contributed by atoms with E-state index >= 15 is 0 Å². The van der Waals surface area contributed by atoms with Gasteiger partial charge < -0.3 is 10.6 Å². The number of anilines is 1. The van der Waals surface area contributed by atoms with Crippen LogP contribution in [0.4, 0.5) is 5.95 Å². The van der Waals surface area contributed by atoms with Gasteiger partial charge in [-0.05, 0) is 30.2 Å². The molecule has 23 heavy (non-hydrogen) atoms. The Morgan fingerprint density at radius 3 is 2.87 bits per heavy atom. The molecule has 1 aromatic heterocycles. The minimum Gasteiger partial charge on any atom is -0.368 e. The van der Waals surface area contributed by atoms with Gasteiger partial charge in [-0.2, -0.15) is 0 Å². The Morgan fingerprint density at radius 2 is 2.13 bits per heavy atom. The van der Waals surface area contributed by atoms with Gasteiger partial charge in [0.25, 0.3) is 0 Å². The summed E-state index contributed by atoms with van der Waals surface area (Å²) in [6.45, 7) is 9.83. The third-order valence-corrected chi connectivity index (χ3v) is 4.60. The number of likely N-dealkylation sites (tertiary alicyclic amines) is 1. The maximum absolute atomic E-state index is 12.9. The Labute approximate surface area is 138 Å². The first-order valence-corrected chi connectivity index (χ1v) is 8.46. The van der Waals surface area contributed by atoms with Crippen molar-refractivity contribution < 1.29 is 4.79 Å². The van der Waals surface area contributed by atoms with Gasteiger partial charge >= 0.3 is 0 Å². The third-order valence-electron chi connectivity index (χ3n) is 4.60. The van der Waals surface area contributed by atoms with E-state index in [0.29, 0.717) is 12.5 Å². The largest absolute Gasteiger partial charge is 0.368 e. The number of nitrogen functional groups attached to an aromatic ring is 1. The van der Waals surface area contributed by atoms with Gasteiger partial charge in [0.05, 0.1) is 11.7 Å². The molecule has 2 N–H and O–H groups in total. The number of nitrogens with zero attached hydrogens (tertiary/aromatic N) is 4. The summed E-state index contributed by atoms with van der Waals surface area (Å²) in [6.07, 6.45) is 4.72. The van der Waals surface area contributed by atoms with E-state index in [4.69, 9.17) is 5.73 Å². The molecule has 1 amide bonds. The van der Waals surface area contributed by atoms with Crippen LogP contribution in [0.3, 0.4) is 0 Å². The second-order valence-corrected chi connectivity index (χ2v) is 7.90. The standard InChI is InChI=1S/C17H27N5O/c1-17(2,3)11-22-7-4-5-14(15(22)23)21-8-6-12-9-19-16(18)20-13(12)10-21/h9,14H,4-8,10-11H2,1-3H3,(H2,18,19,20). The first-order valence-electron chi connectivity index (χ1n) is 8.46. The molecule has 6 nitrogen and oxygen atoms in total. The normalized spacial score (nSPS) is 23.0. The Morgan fingerprint density at radius 1 is 1.35 bits per heavy atom. The molecule has 1 saturated heterocycles. The quantitative estimate of drug-likeness (QED) is 0.893. The van der Waals surface area contributed by atoms with Crippen molar-refractivity contribution in [2.45, 2.75) is 52.6 Å². The highest BCUT2D eigenvalue weighted by molar-refractivity contribution is 5.82. The van der Waals surface area contributed by atoms with Crippen LogP contribution in [0.5, 0.6) is 0 Å². The molecular formula is C17H27N5O. The van der Waals surface area contributed by atoms with Crippen LogP contribution >= 0.6 is 0 Å². The van der Waals surface area contributed by atoms with Gasteiger partial charge in [0.1, 0.15) is 0 Å². The van der Waals surface area contributed by atoms with Crippen molar-refractivity contribution in [3.05, 3.63) is 17.5 Å². The first kappa shape index (κ1) is 16.2. The minimum atomic E-state index is -0.0181. The van der Waals surface area contributed by atoms with Gasteiger partial charge in [0.2, 0.25) is 11.9 Å². The average molecular weight is 317 g/mol. The van der Waals surface area contributed by atoms with Gasteiger partial charge in [0.15, 0.2) is 0 Å². The second kappa shape index (κ2) is 6.07. The van der Waals surface area contributed by atoms with E-state index in [1.807, 2.05) is 11.1 Å². The van der Waals surface area contributed by atoms with E-state index in [1.165, 1.54) is 0 Å². The third kappa shape index (κ3) is 3.63. The van der Waals surface area contributed by atoms with Crippen molar-refractivity contribution in [1.29, 1.82) is 0 Å². The lowest BCUT2D eigenvalue weighted by Crippen LogP contribution is -2.55. The first-order chi connectivity index (χ1) is 10.8. The number of piperidine rings is 1. The van der Waals surface area contributed by atoms with E-state index in [0.717, 1.165) is 50.2 Å². The minimum absolute atomic E-state index is 0.0181. The van der Waals surface area contributed by atoms with Crippen molar-refractivity contribution in [2.24, 2.45) is 5.41 Å². The zero-order valence-electron chi connectivity index (χ0n) is 14.4. The summed E-state index contributed by atoms with van der Waals surface area (Å²) < 4.78 is 0. The van der Waals surface area contributed by atoms with Crippen molar-refractivity contribution in [3.8, 4) is 0 Å². The summed E-state index contributed by atoms with van der Waals surface area (Å²) in [5.41, 5.74) is 7.98. The number of rotatable bonds is 2. The predicted molar refractivity (Wildman–Crippen MR) is 89.6 cm³/mol. The maximum Gasteiger partial charge on any atom is 0.239 e. The number of carbonyl (C=O) groups is 1. The number of aromatic nitrogens is 2. The molecule has 0 aromatic carbocycles. The fourth-order valence-corrected chi connectivity index (χ4v) is 3.59. The second-order valence-electron chi connectivity index (χ2n) is 7.90. The average Bonchev–Trinajstić information content (AvgIpc) is 2.47. The molecule has 0 saturated carbocycles. The summed E-state index contributed by atoms with van der Waals surface area (Å²) in [4.78, 5) is 25.7. The fourth-order valence-electron chi connectivity index (χ4n) is 3.59. The highest BCUT2D eigenvalue weighted by atomic mass is 16.2. The zero-order valence-corrected chi connectivity index (χ0v) is 14.4. The summed E-state index contributed by atoms with van der Waals surface area (Å²) in [5, 5.41) is 0. The predicted octanol–water partition coefficient (Wildman–Crippen LogP) is 1.45. The molecule has 2 aliphatic rings. The SMILES string of the molecule is CC(C)(C)CN1CCCC(N2CCc3cnc(N)nc3C2)C1=O. The van der Waals surface area contributed by atoms with Crippen molar-refractivity contribution in [2.75, 3.05) is 25.4 Å². The lowest BCUT2D eigenvalue weighted by atomic mass is 9.93. The number of amides is 1. The Kier molecular flexibility index (Phi) is 4.27. The highest BCUT2D eigenvalue weighted by Gasteiger charge is 2.36. The summed E-state index contributed by atoms with van der Waals surface area (Å²) in [5.74, 6) is 0.589. The van der Waals surface area contributed by atoms with Crippen LogP contribution in [0.1, 0.15) is 44.9 Å². The molecule has 6 heteroatoms. The molecule has 1 unspecified atom stereocenters. The van der Waals surface area contributed by atoms with Gasteiger partial charge in [-0.3, -0.25) is 9.69 Å². The molecule has 2 aliphatic heterocycles. The van der Waals surface area contributed by atoms with Crippen molar-refractivity contribution in [1.82, 2.24) is 19.8 Å². The maximum atomic E-state index is 12.9. The number of fused-ring (bicyclic) bond motifs is 1. The van der Waals surface area contributed by atoms with E-state index in [2.05, 4.69) is 35.6 Å². The molecular weight excluding hydrogens is 290 g/mol. The zero-order chi connectivity index (χ0) is 16.6. The molecule has 1 aromatic rings. The summed E-state index contributed by atoms with van der Waals surface area (Å²) >= 11 is 0. The van der Waals surface area contributed by atoms with Crippen molar-refractivity contribution >= 4 is 11.9 Å². The van der Waals surface area contributed by atoms with Gasteiger partial charge in [-0.1, -0.05) is 20.8 Å². The highest BCUT2D eigenvalue weighted by Crippen LogP contribution is 2.26. The van der Waals surface area contributed by atoms with E-state index in [1.54, 1.807) is 0 Å². The van der Waals surface area contributed by atoms with Crippen LogP contribution in [-0.4, -0.2) is 51.4 Å². The van der Waals surface area contributed by atoms with E-state index in [-0.39, 0.29) is 17.4 Å². The molecule has 3 heterocycles. The lowest BCUT2D eigenvalue weighted by molar-refractivity contribution is -0.142. The van der Waals surface area contributed by atoms with Crippen LogP contribution in [0.2, 0.25) is 0 Å². The lowest BCUT2D eigenvalue weighted by Gasteiger charge is -2.41. The Balaban J connectivity index is 1.73. The number of hydrogen-bond acceptors (Lipinski definition) is 5. The molecule has 126 valence electrons. The molecule has 1 atom stereocenters. The van der Waals surface area contributed by atoms with Crippen LogP contribution in [0.25, 0.3) is 0 Å². The van der Waals surface area contributed by atoms with E-state index < -0.39 is 0 Å². The molecule has 0 radical (unpaired) electrons. The molecule has 0 bridgehead atoms. The molecule has 3 rings (SSSR count). The topological polar surface area (TPSA) is 75.3 Å². The number of nitrogens with two attached hydrogens (primary N) is 1. The summed E-state index contributed by atoms with van der Waals surface area (Å²) in [7, 11) is 0. The monoisotopic (exact) mass is 317 g/mol. The smallest absolute Gasteiger partial charge is 0.239 e. The fraction of sp³-hybridized carbons (Fsp3) is 0.706. The van der Waals surface area contributed by atoms with Gasteiger partial charge in [0, 0.05) is 32.4 Å². The Hall–Kier alpha value is -1.69. The van der Waals surface area contributed by atoms with Gasteiger partial charge in [-0.15, -0.1) is 0 Å². The molecule has 1 fully saturated rings. The van der Waals surface area contributed by atoms with Crippen LogP contribution in [0.15, 0.2) is 6.20 Å². The van der Waals surface area contributed by atoms with E-state index in [9.17, 15) is 4.79 Å². The number of hydrogen-bond donors (Lipinski definition) is 1. The summed E-state index contributed by atoms with van der Waals surface area (Å²) in [6, 6.07) is -0.0181. The number of carbonyl (C=O) groups excluding carboxylic acids is 1. The van der Waals surface area contributed by atoms with Crippen LogP contribution in [-0.2, 0) is 17.8 Å². The Bertz CT molecular complexity index is 595. The van der Waals surface area contributed by atoms with Crippen molar-refractivity contribution in [3.63, 3.8) is 0 Å². The van der Waals surface area contributed by atoms with Crippen LogP contribution < -0.4 is 5.73 Å². The molecule has 0 aliphatic carbocycles.